The van der Waals surface area contributed by atoms with Crippen molar-refractivity contribution in [3.63, 3.8) is 0 Å². The van der Waals surface area contributed by atoms with E-state index in [-0.39, 0.29) is 5.41 Å². The molecule has 0 N–H and O–H groups in total. The lowest BCUT2D eigenvalue weighted by molar-refractivity contribution is 0.283. The van der Waals surface area contributed by atoms with Gasteiger partial charge in [0.05, 0.1) is 6.61 Å². The fourth-order valence-electron chi connectivity index (χ4n) is 2.67. The first-order valence-electron chi connectivity index (χ1n) is 7.04. The van der Waals surface area contributed by atoms with Gasteiger partial charge >= 0.3 is 0 Å². The Morgan fingerprint density at radius 2 is 1.58 bits per heavy atom. The molecule has 0 aliphatic heterocycles. The van der Waals surface area contributed by atoms with Gasteiger partial charge in [-0.3, -0.25) is 0 Å². The van der Waals surface area contributed by atoms with Gasteiger partial charge in [-0.25, -0.2) is 0 Å². The zero-order valence-electron chi connectivity index (χ0n) is 12.9. The zero-order valence-corrected chi connectivity index (χ0v) is 14.5. The quantitative estimate of drug-likeness (QED) is 0.491. The number of alkyl halides is 1. The van der Waals surface area contributed by atoms with Gasteiger partial charge in [0, 0.05) is 5.33 Å². The molecule has 0 saturated carbocycles. The fraction of sp³-hybridized carbons (Fsp3) is 0.647. The summed E-state index contributed by atoms with van der Waals surface area (Å²) in [6, 6.07) is 8.59. The predicted molar refractivity (Wildman–Crippen MR) is 87.4 cm³/mol. The van der Waals surface area contributed by atoms with Gasteiger partial charge in [0.2, 0.25) is 0 Å². The summed E-state index contributed by atoms with van der Waals surface area (Å²) in [5.41, 5.74) is 1.93. The van der Waals surface area contributed by atoms with Crippen LogP contribution in [0.3, 0.4) is 0 Å². The number of halogens is 1. The molecule has 0 atom stereocenters. The van der Waals surface area contributed by atoms with Gasteiger partial charge < -0.3 is 4.74 Å². The molecule has 19 heavy (non-hydrogen) atoms. The Balaban J connectivity index is 2.69. The van der Waals surface area contributed by atoms with E-state index < -0.39 is 0 Å². The maximum Gasteiger partial charge on any atom is 0.119 e. The summed E-state index contributed by atoms with van der Waals surface area (Å²) < 4.78 is 5.68. The molecule has 0 aromatic heterocycles. The number of benzene rings is 1. The number of hydrogen-bond donors (Lipinski definition) is 0. The maximum absolute atomic E-state index is 5.68. The number of ether oxygens (including phenoxy) is 1. The monoisotopic (exact) mass is 326 g/mol. The van der Waals surface area contributed by atoms with Crippen LogP contribution in [0.4, 0.5) is 0 Å². The van der Waals surface area contributed by atoms with Crippen LogP contribution in [0, 0.1) is 5.41 Å². The van der Waals surface area contributed by atoms with E-state index >= 15 is 0 Å². The summed E-state index contributed by atoms with van der Waals surface area (Å²) in [6.45, 7) is 12.3. The van der Waals surface area contributed by atoms with E-state index in [2.05, 4.69) is 74.8 Å². The molecule has 1 nitrogen and oxygen atoms in total. The van der Waals surface area contributed by atoms with Gasteiger partial charge in [-0.05, 0) is 41.4 Å². The Kier molecular flexibility index (Phi) is 5.91. The van der Waals surface area contributed by atoms with E-state index in [1.165, 1.54) is 12.0 Å². The van der Waals surface area contributed by atoms with E-state index in [4.69, 9.17) is 4.74 Å². The Hall–Kier alpha value is -0.500. The fourth-order valence-corrected chi connectivity index (χ4v) is 2.90. The lowest BCUT2D eigenvalue weighted by Gasteiger charge is -2.33. The summed E-state index contributed by atoms with van der Waals surface area (Å²) in [7, 11) is 0. The smallest absolute Gasteiger partial charge is 0.119 e. The standard InChI is InChI=1S/C17H27BrO/c1-16(2,3)13-17(4,5)14-7-9-15(10-8-14)19-12-6-11-18/h7-10H,6,11-13H2,1-5H3. The Bertz CT molecular complexity index is 373. The highest BCUT2D eigenvalue weighted by molar-refractivity contribution is 9.09. The average Bonchev–Trinajstić information content (AvgIpc) is 2.27. The first-order chi connectivity index (χ1) is 8.74. The molecule has 108 valence electrons. The first kappa shape index (κ1) is 16.6. The molecule has 0 saturated heterocycles. The van der Waals surface area contributed by atoms with Gasteiger partial charge in [-0.15, -0.1) is 0 Å². The molecule has 0 aliphatic carbocycles. The van der Waals surface area contributed by atoms with Gasteiger partial charge in [0.25, 0.3) is 0 Å². The van der Waals surface area contributed by atoms with Crippen LogP contribution in [-0.2, 0) is 5.41 Å². The highest BCUT2D eigenvalue weighted by Gasteiger charge is 2.27. The normalized spacial score (nSPS) is 12.5. The molecule has 1 rings (SSSR count). The molecular weight excluding hydrogens is 300 g/mol. The molecule has 0 fully saturated rings. The molecule has 0 heterocycles. The van der Waals surface area contributed by atoms with Crippen molar-refractivity contribution in [1.82, 2.24) is 0 Å². The Morgan fingerprint density at radius 1 is 1.00 bits per heavy atom. The predicted octanol–water partition coefficient (Wildman–Crippen LogP) is 5.56. The van der Waals surface area contributed by atoms with Crippen molar-refractivity contribution in [2.45, 2.75) is 52.9 Å². The van der Waals surface area contributed by atoms with Crippen LogP contribution in [-0.4, -0.2) is 11.9 Å². The van der Waals surface area contributed by atoms with E-state index in [1.807, 2.05) is 0 Å². The third kappa shape index (κ3) is 5.99. The minimum absolute atomic E-state index is 0.201. The van der Waals surface area contributed by atoms with Crippen molar-refractivity contribution >= 4 is 15.9 Å². The lowest BCUT2D eigenvalue weighted by Crippen LogP contribution is -2.24. The number of rotatable bonds is 6. The van der Waals surface area contributed by atoms with Crippen molar-refractivity contribution in [2.24, 2.45) is 5.41 Å². The average molecular weight is 327 g/mol. The van der Waals surface area contributed by atoms with E-state index in [0.717, 1.165) is 24.1 Å². The minimum atomic E-state index is 0.201. The van der Waals surface area contributed by atoms with E-state index in [0.29, 0.717) is 5.41 Å². The molecule has 0 unspecified atom stereocenters. The van der Waals surface area contributed by atoms with Crippen molar-refractivity contribution in [3.8, 4) is 5.75 Å². The Labute approximate surface area is 126 Å². The van der Waals surface area contributed by atoms with Crippen LogP contribution >= 0.6 is 15.9 Å². The molecule has 0 bridgehead atoms. The molecular formula is C17H27BrO. The first-order valence-corrected chi connectivity index (χ1v) is 8.16. The van der Waals surface area contributed by atoms with Gasteiger partial charge in [0.1, 0.15) is 5.75 Å². The lowest BCUT2D eigenvalue weighted by atomic mass is 9.72. The third-order valence-electron chi connectivity index (χ3n) is 3.15. The van der Waals surface area contributed by atoms with Crippen molar-refractivity contribution in [1.29, 1.82) is 0 Å². The van der Waals surface area contributed by atoms with E-state index in [9.17, 15) is 0 Å². The Morgan fingerprint density at radius 3 is 2.05 bits per heavy atom. The molecule has 1 aromatic carbocycles. The molecule has 2 heteroatoms. The third-order valence-corrected chi connectivity index (χ3v) is 3.72. The number of hydrogen-bond acceptors (Lipinski definition) is 1. The summed E-state index contributed by atoms with van der Waals surface area (Å²) in [5.74, 6) is 0.969. The molecule has 0 aliphatic rings. The van der Waals surface area contributed by atoms with Crippen molar-refractivity contribution in [3.05, 3.63) is 29.8 Å². The summed E-state index contributed by atoms with van der Waals surface area (Å²) >= 11 is 3.41. The molecule has 0 radical (unpaired) electrons. The SMILES string of the molecule is CC(C)(C)CC(C)(C)c1ccc(OCCCBr)cc1. The topological polar surface area (TPSA) is 9.23 Å². The van der Waals surface area contributed by atoms with Crippen molar-refractivity contribution in [2.75, 3.05) is 11.9 Å². The minimum Gasteiger partial charge on any atom is -0.494 e. The largest absolute Gasteiger partial charge is 0.494 e. The highest BCUT2D eigenvalue weighted by atomic mass is 79.9. The second-order valence-corrected chi connectivity index (χ2v) is 7.83. The van der Waals surface area contributed by atoms with Crippen LogP contribution in [0.2, 0.25) is 0 Å². The van der Waals surface area contributed by atoms with Crippen LogP contribution in [0.25, 0.3) is 0 Å². The summed E-state index contributed by atoms with van der Waals surface area (Å²) in [4.78, 5) is 0. The maximum atomic E-state index is 5.68. The highest BCUT2D eigenvalue weighted by Crippen LogP contribution is 2.36. The second kappa shape index (κ2) is 6.78. The van der Waals surface area contributed by atoms with Crippen LogP contribution in [0.15, 0.2) is 24.3 Å². The second-order valence-electron chi connectivity index (χ2n) is 7.04. The molecule has 0 amide bonds. The van der Waals surface area contributed by atoms with Gasteiger partial charge in [0.15, 0.2) is 0 Å². The zero-order chi connectivity index (χ0) is 14.5. The van der Waals surface area contributed by atoms with E-state index in [1.54, 1.807) is 0 Å². The summed E-state index contributed by atoms with van der Waals surface area (Å²) in [6.07, 6.45) is 2.21. The van der Waals surface area contributed by atoms with Crippen molar-refractivity contribution < 1.29 is 4.74 Å². The van der Waals surface area contributed by atoms with Gasteiger partial charge in [-0.2, -0.15) is 0 Å². The molecule has 1 aromatic rings. The summed E-state index contributed by atoms with van der Waals surface area (Å²) in [5, 5.41) is 0.990. The van der Waals surface area contributed by atoms with Crippen LogP contribution < -0.4 is 4.74 Å². The van der Waals surface area contributed by atoms with Crippen LogP contribution in [0.1, 0.15) is 53.0 Å². The van der Waals surface area contributed by atoms with Crippen LogP contribution in [0.5, 0.6) is 5.75 Å². The van der Waals surface area contributed by atoms with Gasteiger partial charge in [-0.1, -0.05) is 62.7 Å². The molecule has 0 spiro atoms.